The maximum atomic E-state index is 5.28. The van der Waals surface area contributed by atoms with Crippen molar-refractivity contribution in [1.29, 1.82) is 0 Å². The van der Waals surface area contributed by atoms with E-state index in [1.807, 2.05) is 12.1 Å². The van der Waals surface area contributed by atoms with Crippen LogP contribution in [0.25, 0.3) is 0 Å². The number of nitrogens with one attached hydrogen (secondary N) is 1. The maximum absolute atomic E-state index is 5.28. The third-order valence-electron chi connectivity index (χ3n) is 4.54. The Labute approximate surface area is 146 Å². The standard InChI is InChI=1S/C21H30N2O/c1-5-23(6-2)21(19-11-13-20(24-4)14-12-19)16-22-15-18-9-7-17(3)8-10-18/h7-14,21-22H,5-6,15-16H2,1-4H3. The first-order valence-electron chi connectivity index (χ1n) is 8.82. The summed E-state index contributed by atoms with van der Waals surface area (Å²) in [6, 6.07) is 17.5. The van der Waals surface area contributed by atoms with Crippen LogP contribution in [0.2, 0.25) is 0 Å². The van der Waals surface area contributed by atoms with Gasteiger partial charge in [0.15, 0.2) is 0 Å². The zero-order chi connectivity index (χ0) is 17.4. The van der Waals surface area contributed by atoms with E-state index < -0.39 is 0 Å². The Morgan fingerprint density at radius 3 is 2.12 bits per heavy atom. The molecule has 0 saturated carbocycles. The minimum Gasteiger partial charge on any atom is -0.497 e. The van der Waals surface area contributed by atoms with Crippen LogP contribution in [0, 0.1) is 6.92 Å². The number of benzene rings is 2. The van der Waals surface area contributed by atoms with Gasteiger partial charge in [0.25, 0.3) is 0 Å². The van der Waals surface area contributed by atoms with Crippen LogP contribution in [0.1, 0.15) is 36.6 Å². The molecule has 1 N–H and O–H groups in total. The van der Waals surface area contributed by atoms with Crippen LogP contribution >= 0.6 is 0 Å². The number of hydrogen-bond acceptors (Lipinski definition) is 3. The normalized spacial score (nSPS) is 12.4. The van der Waals surface area contributed by atoms with Crippen LogP contribution < -0.4 is 10.1 Å². The Balaban J connectivity index is 2.03. The summed E-state index contributed by atoms with van der Waals surface area (Å²) < 4.78 is 5.28. The SMILES string of the molecule is CCN(CC)C(CNCc1ccc(C)cc1)c1ccc(OC)cc1. The number of likely N-dealkylation sites (N-methyl/N-ethyl adjacent to an activating group) is 1. The van der Waals surface area contributed by atoms with Crippen molar-refractivity contribution >= 4 is 0 Å². The summed E-state index contributed by atoms with van der Waals surface area (Å²) in [5.74, 6) is 0.907. The van der Waals surface area contributed by atoms with Crippen molar-refractivity contribution in [2.24, 2.45) is 0 Å². The fraction of sp³-hybridized carbons (Fsp3) is 0.429. The van der Waals surface area contributed by atoms with E-state index in [2.05, 4.69) is 67.4 Å². The molecule has 0 spiro atoms. The molecular weight excluding hydrogens is 296 g/mol. The van der Waals surface area contributed by atoms with Gasteiger partial charge < -0.3 is 10.1 Å². The molecule has 0 aliphatic rings. The monoisotopic (exact) mass is 326 g/mol. The van der Waals surface area contributed by atoms with Crippen LogP contribution in [0.4, 0.5) is 0 Å². The van der Waals surface area contributed by atoms with Crippen LogP contribution in [0.3, 0.4) is 0 Å². The second-order valence-corrected chi connectivity index (χ2v) is 6.13. The number of nitrogens with zero attached hydrogens (tertiary/aromatic N) is 1. The van der Waals surface area contributed by atoms with E-state index in [9.17, 15) is 0 Å². The predicted molar refractivity (Wildman–Crippen MR) is 102 cm³/mol. The molecule has 0 aromatic heterocycles. The summed E-state index contributed by atoms with van der Waals surface area (Å²) in [4.78, 5) is 2.49. The van der Waals surface area contributed by atoms with Crippen LogP contribution in [0.15, 0.2) is 48.5 Å². The highest BCUT2D eigenvalue weighted by molar-refractivity contribution is 5.29. The Morgan fingerprint density at radius 1 is 0.958 bits per heavy atom. The van der Waals surface area contributed by atoms with Gasteiger partial charge in [0.1, 0.15) is 5.75 Å². The molecule has 0 saturated heterocycles. The molecule has 3 nitrogen and oxygen atoms in total. The van der Waals surface area contributed by atoms with Gasteiger partial charge in [0.05, 0.1) is 7.11 Å². The summed E-state index contributed by atoms with van der Waals surface area (Å²) in [6.07, 6.45) is 0. The minimum atomic E-state index is 0.372. The molecule has 2 rings (SSSR count). The van der Waals surface area contributed by atoms with E-state index in [1.165, 1.54) is 16.7 Å². The zero-order valence-corrected chi connectivity index (χ0v) is 15.4. The molecule has 1 atom stereocenters. The number of aryl methyl sites for hydroxylation is 1. The predicted octanol–water partition coefficient (Wildman–Crippen LogP) is 4.18. The molecule has 0 radical (unpaired) electrons. The fourth-order valence-corrected chi connectivity index (χ4v) is 3.01. The Bertz CT molecular complexity index is 588. The first-order chi connectivity index (χ1) is 11.7. The lowest BCUT2D eigenvalue weighted by Gasteiger charge is -2.30. The van der Waals surface area contributed by atoms with E-state index in [0.717, 1.165) is 31.9 Å². The van der Waals surface area contributed by atoms with Crippen molar-refractivity contribution in [3.63, 3.8) is 0 Å². The van der Waals surface area contributed by atoms with E-state index in [-0.39, 0.29) is 0 Å². The molecule has 0 heterocycles. The second-order valence-electron chi connectivity index (χ2n) is 6.13. The highest BCUT2D eigenvalue weighted by Gasteiger charge is 2.17. The maximum Gasteiger partial charge on any atom is 0.118 e. The van der Waals surface area contributed by atoms with E-state index >= 15 is 0 Å². The average molecular weight is 326 g/mol. The number of ether oxygens (including phenoxy) is 1. The average Bonchev–Trinajstić information content (AvgIpc) is 2.63. The molecule has 2 aromatic rings. The zero-order valence-electron chi connectivity index (χ0n) is 15.4. The van der Waals surface area contributed by atoms with Crippen molar-refractivity contribution in [3.8, 4) is 5.75 Å². The van der Waals surface area contributed by atoms with Crippen molar-refractivity contribution < 1.29 is 4.74 Å². The van der Waals surface area contributed by atoms with Gasteiger partial charge >= 0.3 is 0 Å². The molecule has 1 unspecified atom stereocenters. The molecular formula is C21H30N2O. The molecule has 0 fully saturated rings. The van der Waals surface area contributed by atoms with Gasteiger partial charge in [-0.15, -0.1) is 0 Å². The van der Waals surface area contributed by atoms with E-state index in [0.29, 0.717) is 6.04 Å². The third-order valence-corrected chi connectivity index (χ3v) is 4.54. The van der Waals surface area contributed by atoms with Crippen LogP contribution in [-0.2, 0) is 6.54 Å². The van der Waals surface area contributed by atoms with Gasteiger partial charge in [-0.1, -0.05) is 55.8 Å². The van der Waals surface area contributed by atoms with Crippen LogP contribution in [-0.4, -0.2) is 31.6 Å². The first kappa shape index (κ1) is 18.5. The fourth-order valence-electron chi connectivity index (χ4n) is 3.01. The minimum absolute atomic E-state index is 0.372. The van der Waals surface area contributed by atoms with Crippen molar-refractivity contribution in [2.75, 3.05) is 26.7 Å². The summed E-state index contributed by atoms with van der Waals surface area (Å²) >= 11 is 0. The lowest BCUT2D eigenvalue weighted by molar-refractivity contribution is 0.213. The smallest absolute Gasteiger partial charge is 0.118 e. The first-order valence-corrected chi connectivity index (χ1v) is 8.82. The lowest BCUT2D eigenvalue weighted by Crippen LogP contribution is -2.35. The lowest BCUT2D eigenvalue weighted by atomic mass is 10.0. The van der Waals surface area contributed by atoms with Gasteiger partial charge in [-0.2, -0.15) is 0 Å². The Morgan fingerprint density at radius 2 is 1.58 bits per heavy atom. The number of methoxy groups -OCH3 is 1. The quantitative estimate of drug-likeness (QED) is 0.748. The number of hydrogen-bond donors (Lipinski definition) is 1. The molecule has 0 aliphatic carbocycles. The van der Waals surface area contributed by atoms with E-state index in [4.69, 9.17) is 4.74 Å². The molecule has 3 heteroatoms. The van der Waals surface area contributed by atoms with Crippen molar-refractivity contribution in [2.45, 2.75) is 33.4 Å². The summed E-state index contributed by atoms with van der Waals surface area (Å²) in [5.41, 5.74) is 3.96. The van der Waals surface area contributed by atoms with Crippen molar-refractivity contribution in [1.82, 2.24) is 10.2 Å². The summed E-state index contributed by atoms with van der Waals surface area (Å²) in [5, 5.41) is 3.62. The van der Waals surface area contributed by atoms with Gasteiger partial charge in [-0.25, -0.2) is 0 Å². The van der Waals surface area contributed by atoms with Crippen molar-refractivity contribution in [3.05, 3.63) is 65.2 Å². The Hall–Kier alpha value is -1.84. The van der Waals surface area contributed by atoms with Gasteiger partial charge in [0.2, 0.25) is 0 Å². The largest absolute Gasteiger partial charge is 0.497 e. The molecule has 0 aliphatic heterocycles. The molecule has 24 heavy (non-hydrogen) atoms. The van der Waals surface area contributed by atoms with Crippen LogP contribution in [0.5, 0.6) is 5.75 Å². The van der Waals surface area contributed by atoms with Gasteiger partial charge in [-0.05, 0) is 43.3 Å². The molecule has 0 bridgehead atoms. The summed E-state index contributed by atoms with van der Waals surface area (Å²) in [7, 11) is 1.71. The van der Waals surface area contributed by atoms with Gasteiger partial charge in [-0.3, -0.25) is 4.90 Å². The molecule has 0 amide bonds. The highest BCUT2D eigenvalue weighted by atomic mass is 16.5. The Kier molecular flexibility index (Phi) is 7.29. The molecule has 2 aromatic carbocycles. The van der Waals surface area contributed by atoms with E-state index in [1.54, 1.807) is 7.11 Å². The number of rotatable bonds is 9. The molecule has 130 valence electrons. The third kappa shape index (κ3) is 5.08. The highest BCUT2D eigenvalue weighted by Crippen LogP contribution is 2.22. The topological polar surface area (TPSA) is 24.5 Å². The summed E-state index contributed by atoms with van der Waals surface area (Å²) in [6.45, 7) is 10.5. The second kappa shape index (κ2) is 9.45. The van der Waals surface area contributed by atoms with Gasteiger partial charge in [0, 0.05) is 19.1 Å².